The molecule has 3 aromatic heterocycles. The zero-order valence-corrected chi connectivity index (χ0v) is 20.1. The quantitative estimate of drug-likeness (QED) is 0.404. The van der Waals surface area contributed by atoms with E-state index in [-0.39, 0.29) is 5.82 Å². The van der Waals surface area contributed by atoms with Crippen molar-refractivity contribution in [3.05, 3.63) is 47.7 Å². The van der Waals surface area contributed by atoms with Gasteiger partial charge in [0, 0.05) is 31.4 Å². The van der Waals surface area contributed by atoms with Crippen molar-refractivity contribution in [3.63, 3.8) is 0 Å². The van der Waals surface area contributed by atoms with E-state index < -0.39 is 0 Å². The van der Waals surface area contributed by atoms with Crippen LogP contribution in [0.5, 0.6) is 0 Å². The molecule has 1 aromatic carbocycles. The van der Waals surface area contributed by atoms with Crippen molar-refractivity contribution in [1.29, 1.82) is 0 Å². The lowest BCUT2D eigenvalue weighted by Crippen LogP contribution is -2.38. The first-order valence-electron chi connectivity index (χ1n) is 11.5. The maximum Gasteiger partial charge on any atom is 0.168 e. The Kier molecular flexibility index (Phi) is 6.27. The second kappa shape index (κ2) is 9.32. The Morgan fingerprint density at radius 3 is 2.58 bits per heavy atom. The number of benzene rings is 1. The van der Waals surface area contributed by atoms with E-state index in [1.807, 2.05) is 11.6 Å². The Balaban J connectivity index is 1.50. The molecule has 0 N–H and O–H groups in total. The molecular formula is C24H29FN6OS. The highest BCUT2D eigenvalue weighted by atomic mass is 32.1. The number of halogens is 1. The van der Waals surface area contributed by atoms with E-state index in [4.69, 9.17) is 19.9 Å². The van der Waals surface area contributed by atoms with Crippen molar-refractivity contribution in [2.45, 2.75) is 33.7 Å². The van der Waals surface area contributed by atoms with Crippen molar-refractivity contribution >= 4 is 21.6 Å². The van der Waals surface area contributed by atoms with Crippen LogP contribution >= 0.6 is 11.3 Å². The van der Waals surface area contributed by atoms with Gasteiger partial charge in [0.05, 0.1) is 36.0 Å². The summed E-state index contributed by atoms with van der Waals surface area (Å²) in [6.45, 7) is 11.6. The van der Waals surface area contributed by atoms with Gasteiger partial charge in [-0.25, -0.2) is 18.7 Å². The van der Waals surface area contributed by atoms with Crippen LogP contribution in [0.25, 0.3) is 26.6 Å². The zero-order chi connectivity index (χ0) is 22.9. The summed E-state index contributed by atoms with van der Waals surface area (Å²) in [5.74, 6) is 2.03. The van der Waals surface area contributed by atoms with E-state index in [0.717, 1.165) is 83.9 Å². The Bertz CT molecular complexity index is 1240. The van der Waals surface area contributed by atoms with Crippen LogP contribution in [0.15, 0.2) is 30.3 Å². The third-order valence-corrected chi connectivity index (χ3v) is 6.98. The molecule has 0 radical (unpaired) electrons. The van der Waals surface area contributed by atoms with E-state index in [9.17, 15) is 4.39 Å². The molecule has 1 aliphatic heterocycles. The summed E-state index contributed by atoms with van der Waals surface area (Å²) in [6, 6.07) is 8.61. The summed E-state index contributed by atoms with van der Waals surface area (Å²) >= 11 is 1.65. The number of ether oxygens (including phenoxy) is 1. The van der Waals surface area contributed by atoms with Crippen LogP contribution in [0.2, 0.25) is 0 Å². The van der Waals surface area contributed by atoms with Gasteiger partial charge in [-0.3, -0.25) is 4.90 Å². The molecule has 1 saturated heterocycles. The lowest BCUT2D eigenvalue weighted by Gasteiger charge is -2.26. The molecule has 0 amide bonds. The van der Waals surface area contributed by atoms with Gasteiger partial charge in [-0.15, -0.1) is 11.3 Å². The molecule has 0 unspecified atom stereocenters. The van der Waals surface area contributed by atoms with Crippen LogP contribution in [0, 0.1) is 18.7 Å². The minimum atomic E-state index is -0.253. The van der Waals surface area contributed by atoms with Gasteiger partial charge in [0.1, 0.15) is 10.6 Å². The van der Waals surface area contributed by atoms with Crippen LogP contribution in [0.1, 0.15) is 25.4 Å². The Morgan fingerprint density at radius 1 is 1.09 bits per heavy atom. The third kappa shape index (κ3) is 4.71. The number of morpholine rings is 1. The second-order valence-electron chi connectivity index (χ2n) is 8.93. The normalized spacial score (nSPS) is 15.2. The van der Waals surface area contributed by atoms with Gasteiger partial charge < -0.3 is 4.74 Å². The van der Waals surface area contributed by atoms with Gasteiger partial charge in [-0.2, -0.15) is 10.2 Å². The summed E-state index contributed by atoms with van der Waals surface area (Å²) in [6.07, 6.45) is 0.852. The summed E-state index contributed by atoms with van der Waals surface area (Å²) in [7, 11) is 0. The van der Waals surface area contributed by atoms with Crippen molar-refractivity contribution in [2.75, 3.05) is 32.8 Å². The maximum atomic E-state index is 13.4. The number of thiophene rings is 1. The molecule has 33 heavy (non-hydrogen) atoms. The molecule has 0 saturated carbocycles. The van der Waals surface area contributed by atoms with Gasteiger partial charge in [0.2, 0.25) is 0 Å². The Hall–Kier alpha value is -2.62. The highest BCUT2D eigenvalue weighted by Crippen LogP contribution is 2.36. The van der Waals surface area contributed by atoms with Crippen LogP contribution in [0.4, 0.5) is 4.39 Å². The number of rotatable bonds is 7. The molecular weight excluding hydrogens is 439 g/mol. The second-order valence-corrected chi connectivity index (χ2v) is 9.96. The Morgan fingerprint density at radius 2 is 1.85 bits per heavy atom. The molecule has 9 heteroatoms. The molecule has 174 valence electrons. The number of hydrogen-bond donors (Lipinski definition) is 0. The minimum Gasteiger partial charge on any atom is -0.379 e. The average Bonchev–Trinajstić information content (AvgIpc) is 3.48. The first-order valence-corrected chi connectivity index (χ1v) is 12.3. The molecule has 0 atom stereocenters. The van der Waals surface area contributed by atoms with Crippen molar-refractivity contribution < 1.29 is 9.13 Å². The first kappa shape index (κ1) is 22.2. The maximum absolute atomic E-state index is 13.4. The smallest absolute Gasteiger partial charge is 0.168 e. The summed E-state index contributed by atoms with van der Waals surface area (Å²) in [5.41, 5.74) is 1.79. The molecule has 1 fully saturated rings. The fourth-order valence-electron chi connectivity index (χ4n) is 4.15. The molecule has 5 rings (SSSR count). The largest absolute Gasteiger partial charge is 0.379 e. The molecule has 1 aliphatic rings. The highest BCUT2D eigenvalue weighted by molar-refractivity contribution is 7.21. The SMILES string of the molecule is Cc1nn(-c2ccc(F)cc2)c2sc(-c3nc(CC(C)C)nn3CCN3CCOCC3)cc12. The van der Waals surface area contributed by atoms with Gasteiger partial charge in [-0.1, -0.05) is 13.8 Å². The molecule has 4 aromatic rings. The van der Waals surface area contributed by atoms with Crippen LogP contribution in [0.3, 0.4) is 0 Å². The first-order chi connectivity index (χ1) is 16.0. The fraction of sp³-hybridized carbons (Fsp3) is 0.458. The molecule has 0 aliphatic carbocycles. The topological polar surface area (TPSA) is 61.0 Å². The van der Waals surface area contributed by atoms with Gasteiger partial charge in [-0.05, 0) is 43.2 Å². The van der Waals surface area contributed by atoms with E-state index in [1.54, 1.807) is 23.5 Å². The fourth-order valence-corrected chi connectivity index (χ4v) is 5.33. The zero-order valence-electron chi connectivity index (χ0n) is 19.3. The lowest BCUT2D eigenvalue weighted by molar-refractivity contribution is 0.0360. The predicted molar refractivity (Wildman–Crippen MR) is 128 cm³/mol. The lowest BCUT2D eigenvalue weighted by atomic mass is 10.1. The van der Waals surface area contributed by atoms with E-state index in [0.29, 0.717) is 5.92 Å². The van der Waals surface area contributed by atoms with E-state index in [2.05, 4.69) is 29.5 Å². The number of aromatic nitrogens is 5. The van der Waals surface area contributed by atoms with Gasteiger partial charge in [0.25, 0.3) is 0 Å². The third-order valence-electron chi connectivity index (χ3n) is 5.87. The van der Waals surface area contributed by atoms with Crippen molar-refractivity contribution in [1.82, 2.24) is 29.4 Å². The van der Waals surface area contributed by atoms with Crippen LogP contribution in [-0.4, -0.2) is 62.3 Å². The van der Waals surface area contributed by atoms with Crippen molar-refractivity contribution in [3.8, 4) is 16.4 Å². The monoisotopic (exact) mass is 468 g/mol. The van der Waals surface area contributed by atoms with Crippen LogP contribution in [-0.2, 0) is 17.7 Å². The van der Waals surface area contributed by atoms with E-state index in [1.165, 1.54) is 12.1 Å². The predicted octanol–water partition coefficient (Wildman–Crippen LogP) is 4.32. The van der Waals surface area contributed by atoms with Gasteiger partial charge >= 0.3 is 0 Å². The van der Waals surface area contributed by atoms with Crippen molar-refractivity contribution in [2.24, 2.45) is 5.92 Å². The molecule has 0 bridgehead atoms. The average molecular weight is 469 g/mol. The summed E-state index contributed by atoms with van der Waals surface area (Å²) in [4.78, 5) is 9.46. The highest BCUT2D eigenvalue weighted by Gasteiger charge is 2.20. The minimum absolute atomic E-state index is 0.253. The summed E-state index contributed by atoms with van der Waals surface area (Å²) in [5, 5.41) is 10.7. The Labute approximate surface area is 196 Å². The van der Waals surface area contributed by atoms with Gasteiger partial charge in [0.15, 0.2) is 11.6 Å². The van der Waals surface area contributed by atoms with Crippen LogP contribution < -0.4 is 0 Å². The number of hydrogen-bond acceptors (Lipinski definition) is 6. The molecule has 7 nitrogen and oxygen atoms in total. The molecule has 0 spiro atoms. The number of nitrogens with zero attached hydrogens (tertiary/aromatic N) is 6. The standard InChI is InChI=1S/C24H29FN6OS/c1-16(2)14-22-26-23(30(28-22)9-8-29-10-12-32-13-11-29)21-15-20-17(3)27-31(24(20)33-21)19-6-4-18(25)5-7-19/h4-7,15-16H,8-14H2,1-3H3. The molecule has 4 heterocycles. The number of aryl methyl sites for hydroxylation is 1. The van der Waals surface area contributed by atoms with E-state index >= 15 is 0 Å². The number of fused-ring (bicyclic) bond motifs is 1. The summed E-state index contributed by atoms with van der Waals surface area (Å²) < 4.78 is 22.9.